The van der Waals surface area contributed by atoms with E-state index in [1.54, 1.807) is 0 Å². The number of nitrogens with one attached hydrogen (secondary N) is 1. The molecule has 2 unspecified atom stereocenters. The van der Waals surface area contributed by atoms with E-state index in [1.165, 1.54) is 0 Å². The highest BCUT2D eigenvalue weighted by Crippen LogP contribution is 2.24. The highest BCUT2D eigenvalue weighted by Gasteiger charge is 2.28. The summed E-state index contributed by atoms with van der Waals surface area (Å²) >= 11 is 6.24. The van der Waals surface area contributed by atoms with Crippen LogP contribution >= 0.6 is 11.6 Å². The fraction of sp³-hybridized carbons (Fsp3) is 1.00. The smallest absolute Gasteiger partial charge is 0.212 e. The van der Waals surface area contributed by atoms with Crippen LogP contribution in [0.4, 0.5) is 0 Å². The van der Waals surface area contributed by atoms with Gasteiger partial charge >= 0.3 is 0 Å². The topological polar surface area (TPSA) is 46.2 Å². The second-order valence-corrected chi connectivity index (χ2v) is 8.51. The third-order valence-electron chi connectivity index (χ3n) is 2.89. The molecule has 0 aromatic rings. The Hall–Kier alpha value is 0.200. The van der Waals surface area contributed by atoms with Crippen molar-refractivity contribution in [3.63, 3.8) is 0 Å². The summed E-state index contributed by atoms with van der Waals surface area (Å²) < 4.78 is 26.8. The Morgan fingerprint density at radius 3 is 2.35 bits per heavy atom. The van der Waals surface area contributed by atoms with Crippen LogP contribution in [-0.4, -0.2) is 25.6 Å². The van der Waals surface area contributed by atoms with Gasteiger partial charge in [-0.1, -0.05) is 40.0 Å². The molecule has 1 aliphatic carbocycles. The molecule has 1 aliphatic rings. The molecule has 1 saturated carbocycles. The molecule has 1 rings (SSSR count). The average molecular weight is 282 g/mol. The van der Waals surface area contributed by atoms with Crippen molar-refractivity contribution in [1.82, 2.24) is 4.72 Å². The van der Waals surface area contributed by atoms with Gasteiger partial charge in [0.15, 0.2) is 0 Å². The van der Waals surface area contributed by atoms with Gasteiger partial charge in [0.2, 0.25) is 10.0 Å². The van der Waals surface area contributed by atoms with Gasteiger partial charge in [-0.3, -0.25) is 0 Å². The number of sulfonamides is 1. The molecule has 17 heavy (non-hydrogen) atoms. The average Bonchev–Trinajstić information content (AvgIpc) is 2.27. The van der Waals surface area contributed by atoms with E-state index in [0.29, 0.717) is 0 Å². The monoisotopic (exact) mass is 281 g/mol. The van der Waals surface area contributed by atoms with Crippen LogP contribution in [-0.2, 0) is 10.0 Å². The Morgan fingerprint density at radius 2 is 1.76 bits per heavy atom. The first kappa shape index (κ1) is 15.3. The van der Waals surface area contributed by atoms with Gasteiger partial charge < -0.3 is 0 Å². The summed E-state index contributed by atoms with van der Waals surface area (Å²) in [5.74, 6) is 0.153. The summed E-state index contributed by atoms with van der Waals surface area (Å²) in [6.45, 7) is 5.78. The fourth-order valence-electron chi connectivity index (χ4n) is 2.24. The molecule has 1 N–H and O–H groups in total. The third-order valence-corrected chi connectivity index (χ3v) is 5.32. The molecule has 0 aromatic heterocycles. The zero-order chi connectivity index (χ0) is 13.1. The molecule has 0 aliphatic heterocycles. The SMILES string of the molecule is CC(C)(C)CS(=O)(=O)NC1CCCCCC1Cl. The molecule has 0 saturated heterocycles. The number of hydrogen-bond acceptors (Lipinski definition) is 2. The van der Waals surface area contributed by atoms with Crippen molar-refractivity contribution in [3.8, 4) is 0 Å². The molecule has 0 radical (unpaired) electrons. The molecule has 3 nitrogen and oxygen atoms in total. The van der Waals surface area contributed by atoms with Crippen LogP contribution in [0.1, 0.15) is 52.9 Å². The van der Waals surface area contributed by atoms with Crippen molar-refractivity contribution in [2.75, 3.05) is 5.75 Å². The molecule has 102 valence electrons. The van der Waals surface area contributed by atoms with Crippen LogP contribution in [0.15, 0.2) is 0 Å². The normalized spacial score (nSPS) is 27.8. The zero-order valence-electron chi connectivity index (χ0n) is 11.0. The van der Waals surface area contributed by atoms with E-state index in [0.717, 1.165) is 32.1 Å². The second kappa shape index (κ2) is 5.89. The van der Waals surface area contributed by atoms with E-state index >= 15 is 0 Å². The lowest BCUT2D eigenvalue weighted by Gasteiger charge is -2.24. The summed E-state index contributed by atoms with van der Waals surface area (Å²) in [7, 11) is -3.22. The summed E-state index contributed by atoms with van der Waals surface area (Å²) in [4.78, 5) is 0. The first-order chi connectivity index (χ1) is 7.70. The Labute approximate surface area is 110 Å². The summed E-state index contributed by atoms with van der Waals surface area (Å²) in [6, 6.07) is -0.0912. The number of rotatable bonds is 3. The van der Waals surface area contributed by atoms with Gasteiger partial charge in [-0.15, -0.1) is 11.6 Å². The minimum absolute atomic E-state index is 0.0627. The van der Waals surface area contributed by atoms with Gasteiger partial charge in [0.1, 0.15) is 0 Å². The van der Waals surface area contributed by atoms with Crippen molar-refractivity contribution < 1.29 is 8.42 Å². The Bertz CT molecular complexity index is 335. The Kier molecular flexibility index (Phi) is 5.29. The molecule has 0 aromatic carbocycles. The zero-order valence-corrected chi connectivity index (χ0v) is 12.6. The second-order valence-electron chi connectivity index (χ2n) is 6.20. The molecule has 0 spiro atoms. The van der Waals surface area contributed by atoms with Gasteiger partial charge in [-0.2, -0.15) is 0 Å². The third kappa shape index (κ3) is 6.07. The van der Waals surface area contributed by atoms with E-state index in [1.807, 2.05) is 20.8 Å². The summed E-state index contributed by atoms with van der Waals surface area (Å²) in [5.41, 5.74) is -0.224. The largest absolute Gasteiger partial charge is 0.212 e. The van der Waals surface area contributed by atoms with E-state index in [4.69, 9.17) is 11.6 Å². The minimum atomic E-state index is -3.22. The lowest BCUT2D eigenvalue weighted by molar-refractivity contribution is 0.448. The van der Waals surface area contributed by atoms with Crippen molar-refractivity contribution in [1.29, 1.82) is 0 Å². The van der Waals surface area contributed by atoms with Crippen molar-refractivity contribution >= 4 is 21.6 Å². The quantitative estimate of drug-likeness (QED) is 0.639. The first-order valence-electron chi connectivity index (χ1n) is 6.34. The summed E-state index contributed by atoms with van der Waals surface area (Å²) in [6.07, 6.45) is 5.08. The van der Waals surface area contributed by atoms with E-state index < -0.39 is 10.0 Å². The predicted molar refractivity (Wildman–Crippen MR) is 72.9 cm³/mol. The molecule has 0 heterocycles. The van der Waals surface area contributed by atoms with Crippen molar-refractivity contribution in [2.24, 2.45) is 5.41 Å². The van der Waals surface area contributed by atoms with Gasteiger partial charge in [0.05, 0.1) is 5.75 Å². The highest BCUT2D eigenvalue weighted by molar-refractivity contribution is 7.89. The van der Waals surface area contributed by atoms with Gasteiger partial charge in [0.25, 0.3) is 0 Å². The number of alkyl halides is 1. The van der Waals surface area contributed by atoms with E-state index in [2.05, 4.69) is 4.72 Å². The fourth-order valence-corrected chi connectivity index (χ4v) is 4.62. The van der Waals surface area contributed by atoms with Crippen LogP contribution in [0, 0.1) is 5.41 Å². The molecule has 2 atom stereocenters. The maximum atomic E-state index is 12.0. The lowest BCUT2D eigenvalue weighted by Crippen LogP contribution is -2.43. The van der Waals surface area contributed by atoms with Crippen LogP contribution in [0.25, 0.3) is 0 Å². The molecule has 0 amide bonds. The predicted octanol–water partition coefficient (Wildman–Crippen LogP) is 2.89. The van der Waals surface area contributed by atoms with Crippen LogP contribution in [0.3, 0.4) is 0 Å². The first-order valence-corrected chi connectivity index (χ1v) is 8.43. The molecular weight excluding hydrogens is 258 g/mol. The number of halogens is 1. The molecular formula is C12H24ClNO2S. The van der Waals surface area contributed by atoms with Crippen LogP contribution < -0.4 is 4.72 Å². The summed E-state index contributed by atoms with van der Waals surface area (Å²) in [5, 5.41) is -0.0627. The van der Waals surface area contributed by atoms with Crippen molar-refractivity contribution in [3.05, 3.63) is 0 Å². The minimum Gasteiger partial charge on any atom is -0.212 e. The molecule has 5 heteroatoms. The highest BCUT2D eigenvalue weighted by atomic mass is 35.5. The van der Waals surface area contributed by atoms with Crippen LogP contribution in [0.2, 0.25) is 0 Å². The van der Waals surface area contributed by atoms with E-state index in [9.17, 15) is 8.42 Å². The maximum Gasteiger partial charge on any atom is 0.212 e. The number of hydrogen-bond donors (Lipinski definition) is 1. The van der Waals surface area contributed by atoms with Gasteiger partial charge in [0, 0.05) is 11.4 Å². The van der Waals surface area contributed by atoms with Crippen LogP contribution in [0.5, 0.6) is 0 Å². The standard InChI is InChI=1S/C12H24ClNO2S/c1-12(2,3)9-17(15,16)14-11-8-6-4-5-7-10(11)13/h10-11,14H,4-9H2,1-3H3. The Balaban J connectivity index is 2.62. The molecule has 1 fully saturated rings. The Morgan fingerprint density at radius 1 is 1.18 bits per heavy atom. The van der Waals surface area contributed by atoms with Gasteiger partial charge in [-0.05, 0) is 18.3 Å². The maximum absolute atomic E-state index is 12.0. The lowest BCUT2D eigenvalue weighted by atomic mass is 10.0. The van der Waals surface area contributed by atoms with Gasteiger partial charge in [-0.25, -0.2) is 13.1 Å². The van der Waals surface area contributed by atoms with Crippen molar-refractivity contribution in [2.45, 2.75) is 64.3 Å². The molecule has 0 bridgehead atoms. The van der Waals surface area contributed by atoms with E-state index in [-0.39, 0.29) is 22.6 Å².